The number of nitrogens with zero attached hydrogens (tertiary/aromatic N) is 3. The van der Waals surface area contributed by atoms with E-state index in [1.165, 1.54) is 58.5 Å². The van der Waals surface area contributed by atoms with Crippen molar-refractivity contribution in [2.24, 2.45) is 10.7 Å². The van der Waals surface area contributed by atoms with Gasteiger partial charge in [-0.2, -0.15) is 0 Å². The van der Waals surface area contributed by atoms with Crippen LogP contribution in [0.2, 0.25) is 0 Å². The van der Waals surface area contributed by atoms with Crippen LogP contribution in [0.5, 0.6) is 0 Å². The average Bonchev–Trinajstić information content (AvgIpc) is 3.23. The molecule has 5 nitrogen and oxygen atoms in total. The first-order valence-corrected chi connectivity index (χ1v) is 7.79. The summed E-state index contributed by atoms with van der Waals surface area (Å²) in [6.45, 7) is 10.4. The smallest absolute Gasteiger partial charge is 0.188 e. The first-order chi connectivity index (χ1) is 9.28. The Morgan fingerprint density at radius 3 is 2.40 bits per heavy atom. The van der Waals surface area contributed by atoms with Gasteiger partial charge in [-0.15, -0.1) is 24.0 Å². The zero-order valence-electron chi connectivity index (χ0n) is 12.7. The van der Waals surface area contributed by atoms with Gasteiger partial charge in [0.2, 0.25) is 0 Å². The van der Waals surface area contributed by atoms with Crippen molar-refractivity contribution in [3.05, 3.63) is 0 Å². The zero-order chi connectivity index (χ0) is 13.5. The molecule has 2 fully saturated rings. The monoisotopic (exact) mass is 395 g/mol. The van der Waals surface area contributed by atoms with Crippen LogP contribution in [0, 0.1) is 0 Å². The summed E-state index contributed by atoms with van der Waals surface area (Å²) in [5.74, 6) is 0.638. The molecular formula is C14H30IN5. The van der Waals surface area contributed by atoms with Crippen LogP contribution in [-0.4, -0.2) is 67.6 Å². The van der Waals surface area contributed by atoms with Gasteiger partial charge < -0.3 is 20.9 Å². The summed E-state index contributed by atoms with van der Waals surface area (Å²) < 4.78 is 0. The summed E-state index contributed by atoms with van der Waals surface area (Å²) in [4.78, 5) is 9.46. The van der Waals surface area contributed by atoms with Gasteiger partial charge in [0, 0.05) is 38.8 Å². The third-order valence-electron chi connectivity index (χ3n) is 4.01. The van der Waals surface area contributed by atoms with Gasteiger partial charge in [-0.1, -0.05) is 6.92 Å². The Labute approximate surface area is 140 Å². The number of hydrogen-bond acceptors (Lipinski definition) is 3. The molecular weight excluding hydrogens is 365 g/mol. The summed E-state index contributed by atoms with van der Waals surface area (Å²) in [6.07, 6.45) is 4.87. The number of rotatable bonds is 7. The second kappa shape index (κ2) is 9.78. The minimum Gasteiger partial charge on any atom is -0.370 e. The van der Waals surface area contributed by atoms with E-state index in [0.717, 1.165) is 13.0 Å². The van der Waals surface area contributed by atoms with Gasteiger partial charge in [-0.25, -0.2) is 0 Å². The number of piperazine rings is 1. The molecule has 1 aliphatic heterocycles. The molecule has 0 aromatic carbocycles. The number of guanidine groups is 1. The highest BCUT2D eigenvalue weighted by atomic mass is 127. The van der Waals surface area contributed by atoms with Crippen molar-refractivity contribution in [1.82, 2.24) is 15.1 Å². The lowest BCUT2D eigenvalue weighted by Crippen LogP contribution is -2.46. The van der Waals surface area contributed by atoms with Gasteiger partial charge in [0.15, 0.2) is 5.96 Å². The lowest BCUT2D eigenvalue weighted by atomic mass is 10.2. The quantitative estimate of drug-likeness (QED) is 0.293. The normalized spacial score (nSPS) is 21.6. The minimum atomic E-state index is 0. The molecule has 1 saturated heterocycles. The van der Waals surface area contributed by atoms with Crippen LogP contribution in [0.4, 0.5) is 0 Å². The number of unbranched alkanes of at least 4 members (excludes halogenated alkanes) is 1. The van der Waals surface area contributed by atoms with Gasteiger partial charge in [-0.3, -0.25) is 4.99 Å². The fourth-order valence-electron chi connectivity index (χ4n) is 2.46. The van der Waals surface area contributed by atoms with Crippen LogP contribution >= 0.6 is 24.0 Å². The summed E-state index contributed by atoms with van der Waals surface area (Å²) in [6, 6.07) is 0.610. The van der Waals surface area contributed by atoms with Crippen LogP contribution < -0.4 is 11.1 Å². The molecule has 1 saturated carbocycles. The predicted octanol–water partition coefficient (Wildman–Crippen LogP) is 1.09. The van der Waals surface area contributed by atoms with Gasteiger partial charge in [0.05, 0.1) is 0 Å². The second-order valence-corrected chi connectivity index (χ2v) is 5.67. The summed E-state index contributed by atoms with van der Waals surface area (Å²) in [5, 5.41) is 3.22. The fourth-order valence-corrected chi connectivity index (χ4v) is 2.46. The third kappa shape index (κ3) is 7.08. The van der Waals surface area contributed by atoms with Gasteiger partial charge in [0.25, 0.3) is 0 Å². The number of aliphatic imine (C=N–C) groups is 1. The van der Waals surface area contributed by atoms with Crippen molar-refractivity contribution in [1.29, 1.82) is 0 Å². The Hall–Kier alpha value is -0.0800. The minimum absolute atomic E-state index is 0. The first kappa shape index (κ1) is 18.0. The van der Waals surface area contributed by atoms with Crippen LogP contribution in [0.15, 0.2) is 4.99 Å². The molecule has 118 valence electrons. The molecule has 0 amide bonds. The van der Waals surface area contributed by atoms with E-state index in [0.29, 0.717) is 12.0 Å². The van der Waals surface area contributed by atoms with E-state index in [-0.39, 0.29) is 24.0 Å². The molecule has 0 radical (unpaired) electrons. The molecule has 20 heavy (non-hydrogen) atoms. The van der Waals surface area contributed by atoms with E-state index in [4.69, 9.17) is 5.73 Å². The van der Waals surface area contributed by atoms with E-state index < -0.39 is 0 Å². The summed E-state index contributed by atoms with van der Waals surface area (Å²) in [5.41, 5.74) is 5.79. The van der Waals surface area contributed by atoms with Gasteiger partial charge >= 0.3 is 0 Å². The van der Waals surface area contributed by atoms with Crippen molar-refractivity contribution in [2.75, 3.05) is 45.8 Å². The highest BCUT2D eigenvalue weighted by Crippen LogP contribution is 2.17. The topological polar surface area (TPSA) is 56.9 Å². The number of nitrogens with one attached hydrogen (secondary N) is 1. The fraction of sp³-hybridized carbons (Fsp3) is 0.929. The maximum absolute atomic E-state index is 5.79. The summed E-state index contributed by atoms with van der Waals surface area (Å²) in [7, 11) is 0. The Morgan fingerprint density at radius 2 is 1.80 bits per heavy atom. The number of likely N-dealkylation sites (N-methyl/N-ethyl adjacent to an activating group) is 1. The lowest BCUT2D eigenvalue weighted by Gasteiger charge is -2.33. The third-order valence-corrected chi connectivity index (χ3v) is 4.01. The van der Waals surface area contributed by atoms with Crippen LogP contribution in [0.1, 0.15) is 32.6 Å². The van der Waals surface area contributed by atoms with E-state index in [9.17, 15) is 0 Å². The molecule has 1 aliphatic carbocycles. The van der Waals surface area contributed by atoms with Crippen molar-refractivity contribution in [3.63, 3.8) is 0 Å². The van der Waals surface area contributed by atoms with Crippen molar-refractivity contribution in [3.8, 4) is 0 Å². The molecule has 2 aliphatic rings. The van der Waals surface area contributed by atoms with Gasteiger partial charge in [-0.05, 0) is 38.8 Å². The highest BCUT2D eigenvalue weighted by molar-refractivity contribution is 14.0. The van der Waals surface area contributed by atoms with Crippen LogP contribution in [0.25, 0.3) is 0 Å². The molecule has 3 N–H and O–H groups in total. The van der Waals surface area contributed by atoms with E-state index in [1.807, 2.05) is 0 Å². The average molecular weight is 395 g/mol. The molecule has 0 bridgehead atoms. The van der Waals surface area contributed by atoms with Crippen LogP contribution in [-0.2, 0) is 0 Å². The number of halogens is 1. The SMILES string of the molecule is CCN1CCN(CCCCN=C(N)NC2CC2)CC1.I. The Kier molecular flexibility index (Phi) is 8.79. The maximum atomic E-state index is 5.79. The Morgan fingerprint density at radius 1 is 1.15 bits per heavy atom. The molecule has 6 heteroatoms. The molecule has 0 unspecified atom stereocenters. The molecule has 2 rings (SSSR count). The Bertz CT molecular complexity index is 285. The predicted molar refractivity (Wildman–Crippen MR) is 95.9 cm³/mol. The molecule has 1 heterocycles. The Balaban J connectivity index is 0.00000200. The molecule has 0 atom stereocenters. The largest absolute Gasteiger partial charge is 0.370 e. The van der Waals surface area contributed by atoms with E-state index in [1.54, 1.807) is 0 Å². The lowest BCUT2D eigenvalue weighted by molar-refractivity contribution is 0.136. The second-order valence-electron chi connectivity index (χ2n) is 5.67. The number of nitrogens with two attached hydrogens (primary N) is 1. The molecule has 0 aromatic rings. The highest BCUT2D eigenvalue weighted by Gasteiger charge is 2.21. The van der Waals surface area contributed by atoms with E-state index >= 15 is 0 Å². The maximum Gasteiger partial charge on any atom is 0.188 e. The van der Waals surface area contributed by atoms with Crippen molar-refractivity contribution < 1.29 is 0 Å². The van der Waals surface area contributed by atoms with Crippen molar-refractivity contribution >= 4 is 29.9 Å². The van der Waals surface area contributed by atoms with Gasteiger partial charge in [0.1, 0.15) is 0 Å². The molecule has 0 aromatic heterocycles. The van der Waals surface area contributed by atoms with E-state index in [2.05, 4.69) is 27.0 Å². The summed E-state index contributed by atoms with van der Waals surface area (Å²) >= 11 is 0. The molecule has 0 spiro atoms. The first-order valence-electron chi connectivity index (χ1n) is 7.79. The van der Waals surface area contributed by atoms with Crippen LogP contribution in [0.3, 0.4) is 0 Å². The van der Waals surface area contributed by atoms with Crippen molar-refractivity contribution in [2.45, 2.75) is 38.6 Å². The number of hydrogen-bond donors (Lipinski definition) is 2. The zero-order valence-corrected chi connectivity index (χ0v) is 15.0. The standard InChI is InChI=1S/C14H29N5.HI/c1-2-18-9-11-19(12-10-18)8-4-3-7-16-14(15)17-13-5-6-13;/h13H,2-12H2,1H3,(H3,15,16,17);1H.